The van der Waals surface area contributed by atoms with Crippen LogP contribution in [0.5, 0.6) is 0 Å². The van der Waals surface area contributed by atoms with Crippen LogP contribution in [0.2, 0.25) is 0 Å². The van der Waals surface area contributed by atoms with E-state index in [1.165, 1.54) is 28.7 Å². The summed E-state index contributed by atoms with van der Waals surface area (Å²) in [5, 5.41) is 0. The number of alkyl halides is 6. The molecule has 0 atom stereocenters. The minimum atomic E-state index is -4.70. The zero-order valence-electron chi connectivity index (χ0n) is 10.1. The number of rotatable bonds is 1. The van der Waals surface area contributed by atoms with Gasteiger partial charge in [-0.1, -0.05) is 12.1 Å². The lowest BCUT2D eigenvalue weighted by molar-refractivity contribution is -0.138. The van der Waals surface area contributed by atoms with Crippen LogP contribution in [0, 0.1) is 3.57 Å². The zero-order valence-corrected chi connectivity index (χ0v) is 12.2. The third-order valence-corrected chi connectivity index (χ3v) is 3.55. The second-order valence-corrected chi connectivity index (χ2v) is 5.25. The van der Waals surface area contributed by atoms with E-state index in [1.807, 2.05) is 0 Å². The van der Waals surface area contributed by atoms with Gasteiger partial charge in [-0.15, -0.1) is 0 Å². The van der Waals surface area contributed by atoms with Gasteiger partial charge in [-0.25, -0.2) is 0 Å². The number of nitrogens with zero attached hydrogens (tertiary/aromatic N) is 1. The van der Waals surface area contributed by atoms with Crippen molar-refractivity contribution in [1.82, 2.24) is 4.98 Å². The van der Waals surface area contributed by atoms with E-state index in [1.54, 1.807) is 0 Å². The SMILES string of the molecule is FC(F)(F)c1cccc(-c2nccc(I)c2C(F)(F)F)c1. The molecule has 0 saturated carbocycles. The Bertz CT molecular complexity index is 662. The van der Waals surface area contributed by atoms with Crippen LogP contribution in [0.1, 0.15) is 11.1 Å². The van der Waals surface area contributed by atoms with Crippen molar-refractivity contribution in [3.63, 3.8) is 0 Å². The lowest BCUT2D eigenvalue weighted by atomic mass is 10.0. The highest BCUT2D eigenvalue weighted by Gasteiger charge is 2.37. The van der Waals surface area contributed by atoms with Crippen molar-refractivity contribution in [3.05, 3.63) is 51.2 Å². The van der Waals surface area contributed by atoms with Gasteiger partial charge in [0.2, 0.25) is 0 Å². The third kappa shape index (κ3) is 3.47. The highest BCUT2D eigenvalue weighted by molar-refractivity contribution is 14.1. The Balaban J connectivity index is 2.66. The Kier molecular flexibility index (Phi) is 4.18. The quantitative estimate of drug-likeness (QED) is 0.448. The fraction of sp³-hybridized carbons (Fsp3) is 0.154. The summed E-state index contributed by atoms with van der Waals surface area (Å²) in [6.45, 7) is 0. The van der Waals surface area contributed by atoms with Crippen molar-refractivity contribution in [3.8, 4) is 11.3 Å². The fourth-order valence-corrected chi connectivity index (χ4v) is 2.49. The number of aromatic nitrogens is 1. The molecule has 0 spiro atoms. The number of hydrogen-bond acceptors (Lipinski definition) is 1. The van der Waals surface area contributed by atoms with Crippen LogP contribution < -0.4 is 0 Å². The molecule has 0 aliphatic rings. The van der Waals surface area contributed by atoms with E-state index in [4.69, 9.17) is 0 Å². The van der Waals surface area contributed by atoms with Crippen molar-refractivity contribution in [2.45, 2.75) is 12.4 Å². The number of hydrogen-bond donors (Lipinski definition) is 0. The smallest absolute Gasteiger partial charge is 0.256 e. The van der Waals surface area contributed by atoms with Gasteiger partial charge in [-0.3, -0.25) is 4.98 Å². The molecule has 0 amide bonds. The number of pyridine rings is 1. The Hall–Kier alpha value is -1.32. The summed E-state index contributed by atoms with van der Waals surface area (Å²) < 4.78 is 77.0. The molecule has 1 aromatic carbocycles. The largest absolute Gasteiger partial charge is 0.419 e. The maximum Gasteiger partial charge on any atom is 0.419 e. The van der Waals surface area contributed by atoms with Gasteiger partial charge < -0.3 is 0 Å². The van der Waals surface area contributed by atoms with Gasteiger partial charge in [-0.2, -0.15) is 26.3 Å². The molecule has 0 fully saturated rings. The summed E-state index contributed by atoms with van der Waals surface area (Å²) in [5.41, 5.74) is -2.80. The molecule has 2 rings (SSSR count). The average molecular weight is 417 g/mol. The van der Waals surface area contributed by atoms with Crippen molar-refractivity contribution in [1.29, 1.82) is 0 Å². The van der Waals surface area contributed by atoms with Crippen LogP contribution in [-0.4, -0.2) is 4.98 Å². The first kappa shape index (κ1) is 16.1. The molecule has 0 bridgehead atoms. The van der Waals surface area contributed by atoms with Crippen LogP contribution in [-0.2, 0) is 12.4 Å². The van der Waals surface area contributed by atoms with Gasteiger partial charge in [0, 0.05) is 15.3 Å². The van der Waals surface area contributed by atoms with Crippen LogP contribution in [0.25, 0.3) is 11.3 Å². The maximum atomic E-state index is 13.1. The Labute approximate surface area is 129 Å². The second kappa shape index (κ2) is 5.47. The van der Waals surface area contributed by atoms with E-state index in [0.29, 0.717) is 6.07 Å². The van der Waals surface area contributed by atoms with E-state index in [0.717, 1.165) is 24.4 Å². The molecule has 0 unspecified atom stereocenters. The van der Waals surface area contributed by atoms with Crippen molar-refractivity contribution >= 4 is 22.6 Å². The van der Waals surface area contributed by atoms with E-state index in [9.17, 15) is 26.3 Å². The molecule has 0 saturated heterocycles. The first-order valence-corrected chi connectivity index (χ1v) is 6.58. The molecule has 8 heteroatoms. The lowest BCUT2D eigenvalue weighted by Crippen LogP contribution is -2.11. The predicted octanol–water partition coefficient (Wildman–Crippen LogP) is 5.39. The highest BCUT2D eigenvalue weighted by atomic mass is 127. The topological polar surface area (TPSA) is 12.9 Å². The third-order valence-electron chi connectivity index (χ3n) is 2.65. The van der Waals surface area contributed by atoms with Gasteiger partial charge in [0.05, 0.1) is 16.8 Å². The van der Waals surface area contributed by atoms with Crippen LogP contribution in [0.3, 0.4) is 0 Å². The summed E-state index contributed by atoms with van der Waals surface area (Å²) >= 11 is 1.48. The Morgan fingerprint density at radius 1 is 0.905 bits per heavy atom. The van der Waals surface area contributed by atoms with Gasteiger partial charge in [0.15, 0.2) is 0 Å². The molecule has 0 aliphatic heterocycles. The van der Waals surface area contributed by atoms with Gasteiger partial charge in [0.1, 0.15) is 0 Å². The molecular weight excluding hydrogens is 411 g/mol. The highest BCUT2D eigenvalue weighted by Crippen LogP contribution is 2.40. The van der Waals surface area contributed by atoms with E-state index in [-0.39, 0.29) is 9.13 Å². The minimum Gasteiger partial charge on any atom is -0.256 e. The van der Waals surface area contributed by atoms with Crippen molar-refractivity contribution < 1.29 is 26.3 Å². The van der Waals surface area contributed by atoms with E-state index in [2.05, 4.69) is 4.98 Å². The normalized spacial score (nSPS) is 12.5. The summed E-state index contributed by atoms with van der Waals surface area (Å²) in [5.74, 6) is 0. The predicted molar refractivity (Wildman–Crippen MR) is 72.4 cm³/mol. The standard InChI is InChI=1S/C13H6F6IN/c14-12(15,16)8-3-1-2-7(6-8)11-10(13(17,18)19)9(20)4-5-21-11/h1-6H. The molecular formula is C13H6F6IN. The fourth-order valence-electron chi connectivity index (χ4n) is 1.77. The molecule has 2 aromatic rings. The summed E-state index contributed by atoms with van der Waals surface area (Å²) in [6, 6.07) is 4.83. The molecule has 0 radical (unpaired) electrons. The van der Waals surface area contributed by atoms with Gasteiger partial charge >= 0.3 is 12.4 Å². The Morgan fingerprint density at radius 2 is 1.57 bits per heavy atom. The second-order valence-electron chi connectivity index (χ2n) is 4.09. The summed E-state index contributed by atoms with van der Waals surface area (Å²) in [4.78, 5) is 3.61. The number of benzene rings is 1. The van der Waals surface area contributed by atoms with Crippen LogP contribution >= 0.6 is 22.6 Å². The summed E-state index contributed by atoms with van der Waals surface area (Å²) in [7, 11) is 0. The monoisotopic (exact) mass is 417 g/mol. The molecule has 1 nitrogen and oxygen atoms in total. The minimum absolute atomic E-state index is 0.123. The molecule has 0 aliphatic carbocycles. The first-order valence-electron chi connectivity index (χ1n) is 5.50. The average Bonchev–Trinajstić information content (AvgIpc) is 2.36. The number of halogens is 7. The molecule has 112 valence electrons. The molecule has 1 heterocycles. The van der Waals surface area contributed by atoms with Crippen LogP contribution in [0.4, 0.5) is 26.3 Å². The van der Waals surface area contributed by atoms with E-state index < -0.39 is 29.2 Å². The van der Waals surface area contributed by atoms with E-state index >= 15 is 0 Å². The van der Waals surface area contributed by atoms with Crippen LogP contribution in [0.15, 0.2) is 36.5 Å². The lowest BCUT2D eigenvalue weighted by Gasteiger charge is -2.15. The molecule has 0 N–H and O–H groups in total. The maximum absolute atomic E-state index is 13.1. The zero-order chi connectivity index (χ0) is 15.8. The van der Waals surface area contributed by atoms with Gasteiger partial charge in [0.25, 0.3) is 0 Å². The van der Waals surface area contributed by atoms with Crippen molar-refractivity contribution in [2.75, 3.05) is 0 Å². The van der Waals surface area contributed by atoms with Crippen molar-refractivity contribution in [2.24, 2.45) is 0 Å². The summed E-state index contributed by atoms with van der Waals surface area (Å²) in [6.07, 6.45) is -8.20. The first-order chi connectivity index (χ1) is 9.60. The van der Waals surface area contributed by atoms with Gasteiger partial charge in [-0.05, 0) is 40.8 Å². The Morgan fingerprint density at radius 3 is 2.14 bits per heavy atom. The molecule has 1 aromatic heterocycles. The molecule has 21 heavy (non-hydrogen) atoms.